The number of nitrogens with zero attached hydrogens (tertiary/aromatic N) is 6. The topological polar surface area (TPSA) is 74.7 Å². The minimum atomic E-state index is -0.151. The maximum absolute atomic E-state index is 11.9. The summed E-state index contributed by atoms with van der Waals surface area (Å²) in [5.74, 6) is 1.02. The van der Waals surface area contributed by atoms with Gasteiger partial charge in [0.25, 0.3) is 0 Å². The highest BCUT2D eigenvalue weighted by molar-refractivity contribution is 7.12. The van der Waals surface area contributed by atoms with Crippen molar-refractivity contribution in [2.45, 2.75) is 39.2 Å². The summed E-state index contributed by atoms with van der Waals surface area (Å²) < 4.78 is 5.15. The van der Waals surface area contributed by atoms with Crippen molar-refractivity contribution in [2.75, 3.05) is 50.8 Å². The van der Waals surface area contributed by atoms with Crippen LogP contribution in [-0.2, 0) is 4.74 Å². The fourth-order valence-corrected chi connectivity index (χ4v) is 6.01. The van der Waals surface area contributed by atoms with Crippen molar-refractivity contribution in [1.82, 2.24) is 25.0 Å². The smallest absolute Gasteiger partial charge is 0.409 e. The molecule has 1 amide bonds. The van der Waals surface area contributed by atoms with Gasteiger partial charge in [0.15, 0.2) is 5.01 Å². The Morgan fingerprint density at radius 2 is 2.10 bits per heavy atom. The van der Waals surface area contributed by atoms with E-state index in [4.69, 9.17) is 9.72 Å². The molecule has 31 heavy (non-hydrogen) atoms. The Kier molecular flexibility index (Phi) is 5.56. The van der Waals surface area contributed by atoms with E-state index in [2.05, 4.69) is 33.0 Å². The standard InChI is InChI=1S/C22H30N6O2S/c1-3-30-21(29)28-13-22(14-28)5-4-17(11-22)26-6-8-27(9-7-26)19-18(10-16(2)12-23-19)20-25-24-15-31-20/h10,12,15,17H,3-9,11,13-14H2,1-2H3. The molecule has 0 radical (unpaired) electrons. The van der Waals surface area contributed by atoms with Crippen LogP contribution < -0.4 is 4.90 Å². The van der Waals surface area contributed by atoms with Crippen LogP contribution in [0.3, 0.4) is 0 Å². The number of ether oxygens (including phenoxy) is 1. The number of aromatic nitrogens is 3. The maximum Gasteiger partial charge on any atom is 0.409 e. The molecule has 0 bridgehead atoms. The molecule has 3 fully saturated rings. The van der Waals surface area contributed by atoms with Crippen molar-refractivity contribution in [3.05, 3.63) is 23.3 Å². The first-order valence-electron chi connectivity index (χ1n) is 11.2. The molecule has 0 aromatic carbocycles. The van der Waals surface area contributed by atoms with Crippen molar-refractivity contribution in [3.63, 3.8) is 0 Å². The van der Waals surface area contributed by atoms with Crippen molar-refractivity contribution >= 4 is 23.2 Å². The average Bonchev–Trinajstić information content (AvgIpc) is 3.43. The number of piperazine rings is 1. The van der Waals surface area contributed by atoms with Gasteiger partial charge in [-0.15, -0.1) is 10.2 Å². The van der Waals surface area contributed by atoms with E-state index in [0.29, 0.717) is 18.1 Å². The van der Waals surface area contributed by atoms with Crippen LogP contribution >= 0.6 is 11.3 Å². The maximum atomic E-state index is 11.9. The normalized spacial score (nSPS) is 23.2. The molecule has 166 valence electrons. The van der Waals surface area contributed by atoms with Crippen LogP contribution in [0.15, 0.2) is 17.8 Å². The zero-order valence-corrected chi connectivity index (χ0v) is 19.1. The monoisotopic (exact) mass is 442 g/mol. The zero-order chi connectivity index (χ0) is 21.4. The molecule has 1 spiro atoms. The molecule has 2 aromatic heterocycles. The van der Waals surface area contributed by atoms with Crippen LogP contribution in [0.25, 0.3) is 10.6 Å². The van der Waals surface area contributed by atoms with Crippen LogP contribution in [0.2, 0.25) is 0 Å². The Balaban J connectivity index is 1.19. The summed E-state index contributed by atoms with van der Waals surface area (Å²) in [6, 6.07) is 2.79. The summed E-state index contributed by atoms with van der Waals surface area (Å²) >= 11 is 1.56. The number of hydrogen-bond acceptors (Lipinski definition) is 8. The second-order valence-corrected chi connectivity index (χ2v) is 9.94. The summed E-state index contributed by atoms with van der Waals surface area (Å²) in [7, 11) is 0. The van der Waals surface area contributed by atoms with Gasteiger partial charge in [-0.1, -0.05) is 11.3 Å². The van der Waals surface area contributed by atoms with Crippen molar-refractivity contribution in [3.8, 4) is 10.6 Å². The molecule has 1 unspecified atom stereocenters. The predicted octanol–water partition coefficient (Wildman–Crippen LogP) is 3.04. The molecule has 0 N–H and O–H groups in total. The van der Waals surface area contributed by atoms with E-state index >= 15 is 0 Å². The van der Waals surface area contributed by atoms with Gasteiger partial charge in [0.05, 0.1) is 12.2 Å². The number of carbonyl (C=O) groups is 1. The average molecular weight is 443 g/mol. The lowest BCUT2D eigenvalue weighted by Crippen LogP contribution is -2.58. The number of carbonyl (C=O) groups excluding carboxylic acids is 1. The summed E-state index contributed by atoms with van der Waals surface area (Å²) in [6.45, 7) is 10.1. The minimum absolute atomic E-state index is 0.151. The van der Waals surface area contributed by atoms with Gasteiger partial charge in [-0.3, -0.25) is 4.90 Å². The Morgan fingerprint density at radius 1 is 1.29 bits per heavy atom. The lowest BCUT2D eigenvalue weighted by Gasteiger charge is -2.48. The highest BCUT2D eigenvalue weighted by Gasteiger charge is 2.51. The fraction of sp³-hybridized carbons (Fsp3) is 0.636. The molecule has 5 rings (SSSR count). The van der Waals surface area contributed by atoms with E-state index in [1.54, 1.807) is 16.8 Å². The summed E-state index contributed by atoms with van der Waals surface area (Å²) in [5.41, 5.74) is 4.32. The van der Waals surface area contributed by atoms with Crippen LogP contribution in [0.4, 0.5) is 10.6 Å². The molecule has 1 aliphatic carbocycles. The van der Waals surface area contributed by atoms with Crippen LogP contribution in [-0.4, -0.2) is 83.0 Å². The van der Waals surface area contributed by atoms with Gasteiger partial charge in [0.1, 0.15) is 11.3 Å². The van der Waals surface area contributed by atoms with Crippen molar-refractivity contribution < 1.29 is 9.53 Å². The van der Waals surface area contributed by atoms with Crippen LogP contribution in [0.5, 0.6) is 0 Å². The Morgan fingerprint density at radius 3 is 2.81 bits per heavy atom. The largest absolute Gasteiger partial charge is 0.450 e. The first kappa shape index (κ1) is 20.6. The molecule has 2 aromatic rings. The highest BCUT2D eigenvalue weighted by atomic mass is 32.1. The third-order valence-corrected chi connectivity index (χ3v) is 7.70. The Labute approximate surface area is 187 Å². The van der Waals surface area contributed by atoms with E-state index in [1.807, 2.05) is 18.0 Å². The molecule has 2 saturated heterocycles. The SMILES string of the molecule is CCOC(=O)N1CC2(CCC(N3CCN(c4ncc(C)cc4-c4nncs4)CC3)C2)C1. The number of pyridine rings is 1. The van der Waals surface area contributed by atoms with E-state index in [1.165, 1.54) is 19.3 Å². The minimum Gasteiger partial charge on any atom is -0.450 e. The Hall–Kier alpha value is -2.26. The third kappa shape index (κ3) is 4.01. The molecule has 4 heterocycles. The molecule has 1 saturated carbocycles. The molecule has 2 aliphatic heterocycles. The fourth-order valence-electron chi connectivity index (χ4n) is 5.44. The predicted molar refractivity (Wildman–Crippen MR) is 120 cm³/mol. The van der Waals surface area contributed by atoms with Gasteiger partial charge in [0.2, 0.25) is 0 Å². The van der Waals surface area contributed by atoms with Crippen LogP contribution in [0, 0.1) is 12.3 Å². The zero-order valence-electron chi connectivity index (χ0n) is 18.3. The van der Waals surface area contributed by atoms with E-state index in [-0.39, 0.29) is 6.09 Å². The number of rotatable bonds is 4. The molecule has 3 aliphatic rings. The second-order valence-electron chi connectivity index (χ2n) is 9.10. The number of likely N-dealkylation sites (tertiary alicyclic amines) is 1. The number of hydrogen-bond donors (Lipinski definition) is 0. The molecular weight excluding hydrogens is 412 g/mol. The molecule has 1 atom stereocenters. The van der Waals surface area contributed by atoms with Gasteiger partial charge in [0, 0.05) is 56.9 Å². The van der Waals surface area contributed by atoms with Gasteiger partial charge < -0.3 is 14.5 Å². The van der Waals surface area contributed by atoms with E-state index in [9.17, 15) is 4.79 Å². The van der Waals surface area contributed by atoms with Crippen molar-refractivity contribution in [1.29, 1.82) is 0 Å². The molecular formula is C22H30N6O2S. The van der Waals surface area contributed by atoms with Gasteiger partial charge in [-0.25, -0.2) is 9.78 Å². The van der Waals surface area contributed by atoms with Gasteiger partial charge in [-0.05, 0) is 44.7 Å². The van der Waals surface area contributed by atoms with Crippen molar-refractivity contribution in [2.24, 2.45) is 5.41 Å². The first-order chi connectivity index (χ1) is 15.1. The number of anilines is 1. The second kappa shape index (κ2) is 8.35. The lowest BCUT2D eigenvalue weighted by atomic mass is 9.78. The molecule has 8 nitrogen and oxygen atoms in total. The molecule has 9 heteroatoms. The lowest BCUT2D eigenvalue weighted by molar-refractivity contribution is -0.00294. The third-order valence-electron chi connectivity index (χ3n) is 6.98. The van der Waals surface area contributed by atoms with Gasteiger partial charge in [-0.2, -0.15) is 0 Å². The van der Waals surface area contributed by atoms with E-state index < -0.39 is 0 Å². The quantitative estimate of drug-likeness (QED) is 0.720. The summed E-state index contributed by atoms with van der Waals surface area (Å²) in [4.78, 5) is 23.6. The highest BCUT2D eigenvalue weighted by Crippen LogP contribution is 2.47. The number of amides is 1. The number of aryl methyl sites for hydroxylation is 1. The first-order valence-corrected chi connectivity index (χ1v) is 12.1. The summed E-state index contributed by atoms with van der Waals surface area (Å²) in [6.07, 6.45) is 5.44. The Bertz CT molecular complexity index is 922. The van der Waals surface area contributed by atoms with E-state index in [0.717, 1.165) is 61.2 Å². The van der Waals surface area contributed by atoms with Crippen LogP contribution in [0.1, 0.15) is 31.7 Å². The summed E-state index contributed by atoms with van der Waals surface area (Å²) in [5, 5.41) is 9.22. The van der Waals surface area contributed by atoms with Gasteiger partial charge >= 0.3 is 6.09 Å².